The summed E-state index contributed by atoms with van der Waals surface area (Å²) < 4.78 is 28.3. The highest BCUT2D eigenvalue weighted by atomic mass is 35.5. The number of nitrogens with zero attached hydrogens (tertiary/aromatic N) is 5. The first-order valence-corrected chi connectivity index (χ1v) is 14.8. The van der Waals surface area contributed by atoms with Gasteiger partial charge in [-0.25, -0.2) is 18.7 Å². The summed E-state index contributed by atoms with van der Waals surface area (Å²) >= 11 is 0. The minimum atomic E-state index is 0. The van der Waals surface area contributed by atoms with Crippen LogP contribution < -0.4 is 43.7 Å². The smallest absolute Gasteiger partial charge is 0.254 e. The van der Waals surface area contributed by atoms with Crippen LogP contribution in [0.4, 0.5) is 11.4 Å². The Balaban J connectivity index is 0.00000240. The molecule has 0 spiro atoms. The van der Waals surface area contributed by atoms with Gasteiger partial charge in [0.25, 0.3) is 5.82 Å². The number of ether oxygens (including phenoxy) is 4. The molecule has 4 aromatic rings. The average Bonchev–Trinajstić information content (AvgIpc) is 3.87. The van der Waals surface area contributed by atoms with Crippen LogP contribution in [-0.4, -0.2) is 46.4 Å². The second-order valence-corrected chi connectivity index (χ2v) is 10.5. The number of anilines is 2. The summed E-state index contributed by atoms with van der Waals surface area (Å²) in [6.45, 7) is 3.86. The van der Waals surface area contributed by atoms with Crippen LogP contribution >= 0.6 is 0 Å². The molecule has 2 aromatic carbocycles. The van der Waals surface area contributed by atoms with Crippen LogP contribution in [0.5, 0.6) is 11.5 Å². The van der Waals surface area contributed by atoms with Crippen molar-refractivity contribution in [3.05, 3.63) is 110 Å². The second kappa shape index (κ2) is 16.6. The van der Waals surface area contributed by atoms with E-state index in [0.29, 0.717) is 49.3 Å². The number of hydrogen-bond acceptors (Lipinski definition) is 8. The summed E-state index contributed by atoms with van der Waals surface area (Å²) in [5.74, 6) is 2.70. The first kappa shape index (κ1) is 34.2. The number of aromatic hydroxyl groups is 2. The van der Waals surface area contributed by atoms with Crippen molar-refractivity contribution >= 4 is 11.4 Å². The molecule has 14 heteroatoms. The molecule has 0 fully saturated rings. The Morgan fingerprint density at radius 2 is 1.41 bits per heavy atom. The van der Waals surface area contributed by atoms with Gasteiger partial charge in [0.15, 0.2) is 0 Å². The van der Waals surface area contributed by atoms with Crippen molar-refractivity contribution in [3.8, 4) is 11.5 Å². The number of phenols is 2. The Morgan fingerprint density at radius 3 is 2.02 bits per heavy atom. The second-order valence-electron chi connectivity index (χ2n) is 10.5. The van der Waals surface area contributed by atoms with Crippen molar-refractivity contribution in [3.63, 3.8) is 0 Å². The van der Waals surface area contributed by atoms with Gasteiger partial charge in [-0.2, -0.15) is 0 Å². The molecule has 2 aromatic heterocycles. The van der Waals surface area contributed by atoms with Crippen LogP contribution in [0.25, 0.3) is 0 Å². The van der Waals surface area contributed by atoms with E-state index in [-0.39, 0.29) is 49.9 Å². The maximum absolute atomic E-state index is 10.4. The van der Waals surface area contributed by atoms with E-state index in [1.165, 1.54) is 0 Å². The van der Waals surface area contributed by atoms with Crippen molar-refractivity contribution < 1.29 is 63.1 Å². The van der Waals surface area contributed by atoms with Gasteiger partial charge >= 0.3 is 0 Å². The summed E-state index contributed by atoms with van der Waals surface area (Å²) in [5, 5.41) is 20.8. The molecule has 0 bridgehead atoms. The fourth-order valence-corrected chi connectivity index (χ4v) is 5.37. The molecule has 12 nitrogen and oxygen atoms in total. The maximum Gasteiger partial charge on any atom is 0.254 e. The number of unbranched alkanes of at least 4 members (excludes halogenated alkanes) is 1. The number of hydrogen-bond donors (Lipinski definition) is 3. The molecule has 0 unspecified atom stereocenters. The van der Waals surface area contributed by atoms with E-state index >= 15 is 0 Å². The Morgan fingerprint density at radius 1 is 0.783 bits per heavy atom. The normalized spacial score (nSPS) is 13.2. The third kappa shape index (κ3) is 8.32. The average molecular weight is 674 g/mol. The fourth-order valence-electron chi connectivity index (χ4n) is 5.37. The number of phenolic OH excluding ortho intramolecular Hbond substituents is 2. The van der Waals surface area contributed by atoms with E-state index < -0.39 is 0 Å². The lowest BCUT2D eigenvalue weighted by atomic mass is 10.2. The lowest BCUT2D eigenvalue weighted by molar-refractivity contribution is -0.701. The van der Waals surface area contributed by atoms with Crippen molar-refractivity contribution in [2.45, 2.75) is 38.9 Å². The predicted octanol–water partition coefficient (Wildman–Crippen LogP) is -2.55. The molecule has 2 aliphatic rings. The SMILES string of the molecule is Oc1ccccc1N(CCn1cc[n+](CCCCc2[nH]cc[n+]2CCN(C2=COCO2)c2ccccc2O)c1)C1=COCO1.[Cl-].[Cl-]. The molecule has 4 heterocycles. The van der Waals surface area contributed by atoms with Crippen molar-refractivity contribution in [2.24, 2.45) is 0 Å². The molecular formula is C32H38Cl2N6O6. The quantitative estimate of drug-likeness (QED) is 0.0936. The minimum Gasteiger partial charge on any atom is -1.00 e. The fraction of sp³-hybridized carbons (Fsp3) is 0.312. The standard InChI is InChI=1S/C32H36N6O6.2ClH/c39-28-9-3-1-7-26(28)37(31-21-41-24-43-31)19-17-35-16-15-34(23-35)13-6-5-11-30-33-12-14-36(30)18-20-38(32-22-42-25-44-32)27-8-2-4-10-29(27)40;;/h1-4,7-10,12,14-16,21-23H,5-6,11,13,17-20,24-25H2,(H-,39,40);2*1H. The summed E-state index contributed by atoms with van der Waals surface area (Å²) in [6.07, 6.45) is 16.4. The lowest BCUT2D eigenvalue weighted by Gasteiger charge is -2.23. The molecule has 0 aliphatic carbocycles. The van der Waals surface area contributed by atoms with Gasteiger partial charge in [0.05, 0.1) is 31.0 Å². The first-order chi connectivity index (χ1) is 21.7. The number of nitrogens with one attached hydrogen (secondary N) is 1. The van der Waals surface area contributed by atoms with Gasteiger partial charge in [-0.1, -0.05) is 24.3 Å². The number of aromatic nitrogens is 4. The number of aryl methyl sites for hydroxylation is 2. The van der Waals surface area contributed by atoms with E-state index in [1.54, 1.807) is 36.8 Å². The van der Waals surface area contributed by atoms with Crippen molar-refractivity contribution in [2.75, 3.05) is 36.5 Å². The number of imidazole rings is 2. The third-order valence-corrected chi connectivity index (χ3v) is 7.62. The molecule has 6 rings (SSSR count). The minimum absolute atomic E-state index is 0. The van der Waals surface area contributed by atoms with Crippen LogP contribution in [0.3, 0.4) is 0 Å². The Hall–Kier alpha value is -4.68. The van der Waals surface area contributed by atoms with Crippen LogP contribution in [0, 0.1) is 0 Å². The Labute approximate surface area is 280 Å². The van der Waals surface area contributed by atoms with Crippen molar-refractivity contribution in [1.29, 1.82) is 0 Å². The van der Waals surface area contributed by atoms with Crippen LogP contribution in [-0.2, 0) is 45.0 Å². The maximum atomic E-state index is 10.4. The molecule has 0 radical (unpaired) electrons. The summed E-state index contributed by atoms with van der Waals surface area (Å²) in [4.78, 5) is 7.24. The van der Waals surface area contributed by atoms with Crippen molar-refractivity contribution in [1.82, 2.24) is 9.55 Å². The highest BCUT2D eigenvalue weighted by molar-refractivity contribution is 5.61. The highest BCUT2D eigenvalue weighted by Gasteiger charge is 2.23. The van der Waals surface area contributed by atoms with E-state index in [9.17, 15) is 10.2 Å². The van der Waals surface area contributed by atoms with E-state index in [4.69, 9.17) is 18.9 Å². The number of halogens is 2. The highest BCUT2D eigenvalue weighted by Crippen LogP contribution is 2.32. The molecule has 2 aliphatic heterocycles. The van der Waals surface area contributed by atoms with E-state index in [0.717, 1.165) is 31.6 Å². The van der Waals surface area contributed by atoms with E-state index in [1.807, 2.05) is 46.5 Å². The van der Waals surface area contributed by atoms with Gasteiger partial charge in [0.2, 0.25) is 31.7 Å². The Kier molecular flexibility index (Phi) is 12.3. The molecule has 0 saturated carbocycles. The number of benzene rings is 2. The summed E-state index contributed by atoms with van der Waals surface area (Å²) in [6, 6.07) is 14.5. The van der Waals surface area contributed by atoms with Gasteiger partial charge in [-0.15, -0.1) is 0 Å². The topological polar surface area (TPSA) is 112 Å². The van der Waals surface area contributed by atoms with Gasteiger partial charge in [-0.05, 0) is 37.1 Å². The van der Waals surface area contributed by atoms with Gasteiger partial charge in [-0.3, -0.25) is 0 Å². The van der Waals surface area contributed by atoms with Crippen LogP contribution in [0.2, 0.25) is 0 Å². The Bertz CT molecular complexity index is 1610. The summed E-state index contributed by atoms with van der Waals surface area (Å²) in [7, 11) is 0. The first-order valence-electron chi connectivity index (χ1n) is 14.8. The molecule has 0 saturated heterocycles. The molecule has 246 valence electrons. The molecule has 0 atom stereocenters. The van der Waals surface area contributed by atoms with Gasteiger partial charge in [0, 0.05) is 6.42 Å². The molecular weight excluding hydrogens is 635 g/mol. The number of H-pyrrole nitrogens is 1. The van der Waals surface area contributed by atoms with E-state index in [2.05, 4.69) is 37.4 Å². The third-order valence-electron chi connectivity index (χ3n) is 7.62. The zero-order valence-electron chi connectivity index (χ0n) is 25.3. The molecule has 46 heavy (non-hydrogen) atoms. The van der Waals surface area contributed by atoms with Crippen LogP contribution in [0.15, 0.2) is 104 Å². The largest absolute Gasteiger partial charge is 1.00 e. The monoisotopic (exact) mass is 672 g/mol. The lowest BCUT2D eigenvalue weighted by Crippen LogP contribution is -3.00. The van der Waals surface area contributed by atoms with Gasteiger partial charge in [0.1, 0.15) is 61.9 Å². The number of rotatable bonds is 15. The van der Waals surface area contributed by atoms with Gasteiger partial charge < -0.3 is 63.8 Å². The number of para-hydroxylation sites is 4. The summed E-state index contributed by atoms with van der Waals surface area (Å²) in [5.41, 5.74) is 1.35. The molecule has 3 N–H and O–H groups in total. The zero-order chi connectivity index (χ0) is 30.1. The number of aromatic amines is 1. The zero-order valence-corrected chi connectivity index (χ0v) is 26.8. The van der Waals surface area contributed by atoms with Crippen LogP contribution in [0.1, 0.15) is 18.7 Å². The predicted molar refractivity (Wildman–Crippen MR) is 160 cm³/mol. The molecule has 0 amide bonds.